The van der Waals surface area contributed by atoms with Crippen molar-refractivity contribution in [3.63, 3.8) is 0 Å². The summed E-state index contributed by atoms with van der Waals surface area (Å²) < 4.78 is 0. The molecule has 1 aliphatic carbocycles. The highest BCUT2D eigenvalue weighted by Crippen LogP contribution is 2.20. The van der Waals surface area contributed by atoms with E-state index in [1.165, 1.54) is 0 Å². The Morgan fingerprint density at radius 3 is 2.93 bits per heavy atom. The van der Waals surface area contributed by atoms with Gasteiger partial charge in [-0.05, 0) is 25.7 Å². The maximum Gasteiger partial charge on any atom is 0.226 e. The van der Waals surface area contributed by atoms with Gasteiger partial charge in [0.15, 0.2) is 0 Å². The minimum absolute atomic E-state index is 0.106. The molecule has 0 saturated carbocycles. The molecule has 82 valence electrons. The standard InChI is InChI=1S/C12H18N2O/c1-2-9-14(10-8-13)12(15)11-6-4-3-5-7-11/h3-4,11H,2,5-7,9-10H2,1H3/t11-/m1/s1. The molecule has 0 aromatic heterocycles. The van der Waals surface area contributed by atoms with Gasteiger partial charge in [0, 0.05) is 12.5 Å². The zero-order valence-corrected chi connectivity index (χ0v) is 9.28. The number of hydrogen-bond acceptors (Lipinski definition) is 2. The number of carbonyl (C=O) groups excluding carboxylic acids is 1. The van der Waals surface area contributed by atoms with E-state index < -0.39 is 0 Å². The largest absolute Gasteiger partial charge is 0.329 e. The van der Waals surface area contributed by atoms with Crippen LogP contribution >= 0.6 is 0 Å². The molecule has 0 aromatic rings. The molecule has 0 radical (unpaired) electrons. The normalized spacial score (nSPS) is 19.6. The summed E-state index contributed by atoms with van der Waals surface area (Å²) in [5, 5.41) is 8.65. The molecule has 0 aromatic carbocycles. The third-order valence-electron chi connectivity index (χ3n) is 2.69. The highest BCUT2D eigenvalue weighted by Gasteiger charge is 2.23. The van der Waals surface area contributed by atoms with Crippen molar-refractivity contribution in [2.24, 2.45) is 5.92 Å². The van der Waals surface area contributed by atoms with E-state index in [1.54, 1.807) is 4.90 Å². The topological polar surface area (TPSA) is 44.1 Å². The first-order chi connectivity index (χ1) is 7.29. The van der Waals surface area contributed by atoms with Gasteiger partial charge in [0.2, 0.25) is 5.91 Å². The van der Waals surface area contributed by atoms with Crippen LogP contribution in [-0.2, 0) is 4.79 Å². The van der Waals surface area contributed by atoms with E-state index in [-0.39, 0.29) is 18.4 Å². The molecular formula is C12H18N2O. The van der Waals surface area contributed by atoms with E-state index >= 15 is 0 Å². The highest BCUT2D eigenvalue weighted by atomic mass is 16.2. The zero-order chi connectivity index (χ0) is 11.1. The molecule has 0 aliphatic heterocycles. The summed E-state index contributed by atoms with van der Waals surface area (Å²) in [5.74, 6) is 0.262. The van der Waals surface area contributed by atoms with E-state index in [0.717, 1.165) is 25.7 Å². The van der Waals surface area contributed by atoms with Crippen LogP contribution in [0.15, 0.2) is 12.2 Å². The molecule has 3 nitrogen and oxygen atoms in total. The fourth-order valence-electron chi connectivity index (χ4n) is 1.90. The van der Waals surface area contributed by atoms with E-state index in [0.29, 0.717) is 6.54 Å². The third-order valence-corrected chi connectivity index (χ3v) is 2.69. The van der Waals surface area contributed by atoms with Crippen LogP contribution in [0.1, 0.15) is 32.6 Å². The second-order valence-electron chi connectivity index (χ2n) is 3.90. The molecule has 0 fully saturated rings. The van der Waals surface area contributed by atoms with Crippen molar-refractivity contribution in [3.05, 3.63) is 12.2 Å². The average molecular weight is 206 g/mol. The van der Waals surface area contributed by atoms with E-state index in [9.17, 15) is 4.79 Å². The average Bonchev–Trinajstić information content (AvgIpc) is 2.29. The van der Waals surface area contributed by atoms with Crippen LogP contribution in [0.25, 0.3) is 0 Å². The Morgan fingerprint density at radius 1 is 1.60 bits per heavy atom. The van der Waals surface area contributed by atoms with Gasteiger partial charge in [-0.2, -0.15) is 5.26 Å². The Hall–Kier alpha value is -1.30. The Bertz CT molecular complexity index is 278. The van der Waals surface area contributed by atoms with Crippen molar-refractivity contribution in [2.45, 2.75) is 32.6 Å². The first kappa shape index (κ1) is 11.8. The van der Waals surface area contributed by atoms with Crippen LogP contribution in [0, 0.1) is 17.2 Å². The molecule has 0 bridgehead atoms. The molecular weight excluding hydrogens is 188 g/mol. The molecule has 0 unspecified atom stereocenters. The van der Waals surface area contributed by atoms with Crippen molar-refractivity contribution >= 4 is 5.91 Å². The summed E-state index contributed by atoms with van der Waals surface area (Å²) in [5.41, 5.74) is 0. The van der Waals surface area contributed by atoms with Gasteiger partial charge in [0.1, 0.15) is 6.54 Å². The summed E-state index contributed by atoms with van der Waals surface area (Å²) in [6.07, 6.45) is 7.87. The van der Waals surface area contributed by atoms with Crippen LogP contribution in [-0.4, -0.2) is 23.9 Å². The van der Waals surface area contributed by atoms with Crippen molar-refractivity contribution < 1.29 is 4.79 Å². The van der Waals surface area contributed by atoms with Crippen molar-refractivity contribution in [1.82, 2.24) is 4.90 Å². The summed E-state index contributed by atoms with van der Waals surface area (Å²) in [6.45, 7) is 2.96. The van der Waals surface area contributed by atoms with Crippen molar-refractivity contribution in [3.8, 4) is 6.07 Å². The second kappa shape index (κ2) is 6.23. The van der Waals surface area contributed by atoms with E-state index in [2.05, 4.69) is 18.2 Å². The van der Waals surface area contributed by atoms with E-state index in [4.69, 9.17) is 5.26 Å². The van der Waals surface area contributed by atoms with Gasteiger partial charge in [-0.1, -0.05) is 19.1 Å². The summed E-state index contributed by atoms with van der Waals surface area (Å²) >= 11 is 0. The van der Waals surface area contributed by atoms with Gasteiger partial charge in [-0.3, -0.25) is 4.79 Å². The van der Waals surface area contributed by atoms with Crippen LogP contribution < -0.4 is 0 Å². The predicted molar refractivity (Wildman–Crippen MR) is 59.0 cm³/mol. The molecule has 1 atom stereocenters. The number of hydrogen-bond donors (Lipinski definition) is 0. The third kappa shape index (κ3) is 3.39. The van der Waals surface area contributed by atoms with Gasteiger partial charge in [-0.15, -0.1) is 0 Å². The number of nitrogens with zero attached hydrogens (tertiary/aromatic N) is 2. The lowest BCUT2D eigenvalue weighted by Crippen LogP contribution is -2.37. The van der Waals surface area contributed by atoms with Gasteiger partial charge in [0.25, 0.3) is 0 Å². The van der Waals surface area contributed by atoms with Crippen molar-refractivity contribution in [1.29, 1.82) is 5.26 Å². The Balaban J connectivity index is 2.54. The lowest BCUT2D eigenvalue weighted by Gasteiger charge is -2.25. The smallest absolute Gasteiger partial charge is 0.226 e. The lowest BCUT2D eigenvalue weighted by molar-refractivity contribution is -0.135. The Kier molecular flexibility index (Phi) is 4.89. The van der Waals surface area contributed by atoms with E-state index in [1.807, 2.05) is 6.92 Å². The predicted octanol–water partition coefficient (Wildman–Crippen LogP) is 2.10. The number of carbonyl (C=O) groups is 1. The number of rotatable bonds is 4. The van der Waals surface area contributed by atoms with Crippen LogP contribution in [0.2, 0.25) is 0 Å². The molecule has 1 aliphatic rings. The monoisotopic (exact) mass is 206 g/mol. The molecule has 1 amide bonds. The van der Waals surface area contributed by atoms with Crippen LogP contribution in [0.5, 0.6) is 0 Å². The minimum atomic E-state index is 0.106. The number of allylic oxidation sites excluding steroid dienone is 2. The van der Waals surface area contributed by atoms with Gasteiger partial charge >= 0.3 is 0 Å². The first-order valence-electron chi connectivity index (χ1n) is 5.60. The lowest BCUT2D eigenvalue weighted by atomic mass is 9.93. The number of nitriles is 1. The quantitative estimate of drug-likeness (QED) is 0.522. The highest BCUT2D eigenvalue weighted by molar-refractivity contribution is 5.79. The number of amides is 1. The molecule has 15 heavy (non-hydrogen) atoms. The molecule has 0 spiro atoms. The molecule has 0 heterocycles. The maximum atomic E-state index is 12.0. The minimum Gasteiger partial charge on any atom is -0.329 e. The molecule has 3 heteroatoms. The van der Waals surface area contributed by atoms with Crippen LogP contribution in [0.3, 0.4) is 0 Å². The Morgan fingerprint density at radius 2 is 2.40 bits per heavy atom. The summed E-state index contributed by atoms with van der Waals surface area (Å²) in [6, 6.07) is 2.06. The van der Waals surface area contributed by atoms with Gasteiger partial charge < -0.3 is 4.90 Å². The zero-order valence-electron chi connectivity index (χ0n) is 9.28. The van der Waals surface area contributed by atoms with Crippen molar-refractivity contribution in [2.75, 3.05) is 13.1 Å². The maximum absolute atomic E-state index is 12.0. The van der Waals surface area contributed by atoms with Gasteiger partial charge in [-0.25, -0.2) is 0 Å². The Labute approximate surface area is 91.4 Å². The van der Waals surface area contributed by atoms with Gasteiger partial charge in [0.05, 0.1) is 6.07 Å². The SMILES string of the molecule is CCCN(CC#N)C(=O)[C@@H]1CC=CCC1. The molecule has 0 saturated heterocycles. The molecule has 0 N–H and O–H groups in total. The van der Waals surface area contributed by atoms with Crippen LogP contribution in [0.4, 0.5) is 0 Å². The summed E-state index contributed by atoms with van der Waals surface area (Å²) in [7, 11) is 0. The fraction of sp³-hybridized carbons (Fsp3) is 0.667. The molecule has 1 rings (SSSR count). The summed E-state index contributed by atoms with van der Waals surface area (Å²) in [4.78, 5) is 13.7. The first-order valence-corrected chi connectivity index (χ1v) is 5.60. The fourth-order valence-corrected chi connectivity index (χ4v) is 1.90. The second-order valence-corrected chi connectivity index (χ2v) is 3.90.